The normalized spacial score (nSPS) is 25.4. The van der Waals surface area contributed by atoms with Gasteiger partial charge in [-0.1, -0.05) is 43.3 Å². The third-order valence-corrected chi connectivity index (χ3v) is 8.49. The second-order valence-electron chi connectivity index (χ2n) is 10.7. The number of nitrogens with zero attached hydrogens (tertiary/aromatic N) is 1. The molecule has 1 saturated carbocycles. The summed E-state index contributed by atoms with van der Waals surface area (Å²) in [4.78, 5) is 30.6. The van der Waals surface area contributed by atoms with Crippen LogP contribution in [0, 0.1) is 12.8 Å². The van der Waals surface area contributed by atoms with Gasteiger partial charge in [-0.25, -0.2) is 0 Å². The van der Waals surface area contributed by atoms with Crippen LogP contribution in [-0.4, -0.2) is 27.4 Å². The maximum Gasteiger partial charge on any atom is 0.255 e. The van der Waals surface area contributed by atoms with Gasteiger partial charge in [-0.15, -0.1) is 0 Å². The summed E-state index contributed by atoms with van der Waals surface area (Å²) in [5.74, 6) is 0.0309. The summed E-state index contributed by atoms with van der Waals surface area (Å²) in [6, 6.07) is 19.9. The number of carbonyl (C=O) groups excluding carboxylic acids is 2. The average Bonchev–Trinajstić information content (AvgIpc) is 2.99. The van der Waals surface area contributed by atoms with Crippen molar-refractivity contribution in [2.24, 2.45) is 5.92 Å². The molecule has 0 spiro atoms. The number of fused-ring (bicyclic) bond motifs is 3. The van der Waals surface area contributed by atoms with Crippen LogP contribution in [0.5, 0.6) is 0 Å². The summed E-state index contributed by atoms with van der Waals surface area (Å²) < 4.78 is 0. The van der Waals surface area contributed by atoms with Crippen molar-refractivity contribution in [1.82, 2.24) is 4.98 Å². The van der Waals surface area contributed by atoms with Crippen molar-refractivity contribution >= 4 is 17.4 Å². The van der Waals surface area contributed by atoms with Crippen molar-refractivity contribution < 1.29 is 14.7 Å². The minimum absolute atomic E-state index is 0.0582. The standard InChI is InChI=1S/C31H34N2O3/c1-3-30(36)13-14-31(19-22-8-5-4-6-9-22)25(20-30)18-26(34)17-24-16-23(11-12-27(24)31)29(35)33-28-10-7-15-32-21(28)2/h4-12,15-16,25,36H,3,13-14,17-20H2,1-2H3,(H,33,35)/t25-,30+,31-/m0/s1. The number of aryl methyl sites for hydroxylation is 1. The molecule has 1 aromatic heterocycles. The Labute approximate surface area is 213 Å². The Morgan fingerprint density at radius 3 is 2.67 bits per heavy atom. The van der Waals surface area contributed by atoms with Gasteiger partial charge in [0.15, 0.2) is 0 Å². The molecule has 2 aromatic carbocycles. The van der Waals surface area contributed by atoms with Crippen LogP contribution in [0.1, 0.15) is 71.8 Å². The molecule has 1 fully saturated rings. The summed E-state index contributed by atoms with van der Waals surface area (Å²) in [5, 5.41) is 14.2. The molecule has 5 nitrogen and oxygen atoms in total. The van der Waals surface area contributed by atoms with E-state index in [0.717, 1.165) is 29.7 Å². The van der Waals surface area contributed by atoms with Gasteiger partial charge in [0.25, 0.3) is 5.91 Å². The maximum atomic E-state index is 13.2. The van der Waals surface area contributed by atoms with Crippen molar-refractivity contribution in [3.8, 4) is 0 Å². The molecule has 5 heteroatoms. The molecule has 1 amide bonds. The fourth-order valence-electron chi connectivity index (χ4n) is 6.38. The summed E-state index contributed by atoms with van der Waals surface area (Å²) in [5.41, 5.74) is 4.34. The predicted octanol–water partition coefficient (Wildman–Crippen LogP) is 5.58. The van der Waals surface area contributed by atoms with E-state index in [2.05, 4.69) is 40.6 Å². The van der Waals surface area contributed by atoms with Crippen LogP contribution in [0.2, 0.25) is 0 Å². The molecule has 2 N–H and O–H groups in total. The Bertz CT molecular complexity index is 1290. The highest BCUT2D eigenvalue weighted by Gasteiger charge is 2.51. The predicted molar refractivity (Wildman–Crippen MR) is 141 cm³/mol. The van der Waals surface area contributed by atoms with Gasteiger partial charge in [0.2, 0.25) is 0 Å². The van der Waals surface area contributed by atoms with E-state index in [1.165, 1.54) is 5.56 Å². The van der Waals surface area contributed by atoms with Crippen LogP contribution in [0.15, 0.2) is 66.9 Å². The molecule has 0 unspecified atom stereocenters. The summed E-state index contributed by atoms with van der Waals surface area (Å²) in [7, 11) is 0. The lowest BCUT2D eigenvalue weighted by atomic mass is 9.55. The average molecular weight is 483 g/mol. The number of aromatic nitrogens is 1. The van der Waals surface area contributed by atoms with Gasteiger partial charge >= 0.3 is 0 Å². The Hall–Kier alpha value is -3.31. The quantitative estimate of drug-likeness (QED) is 0.498. The van der Waals surface area contributed by atoms with Gasteiger partial charge in [0.1, 0.15) is 5.78 Å². The van der Waals surface area contributed by atoms with Crippen LogP contribution in [0.25, 0.3) is 0 Å². The van der Waals surface area contributed by atoms with Crippen LogP contribution in [0.3, 0.4) is 0 Å². The number of aliphatic hydroxyl groups is 1. The van der Waals surface area contributed by atoms with E-state index >= 15 is 0 Å². The van der Waals surface area contributed by atoms with E-state index in [4.69, 9.17) is 0 Å². The number of hydrogen-bond donors (Lipinski definition) is 2. The lowest BCUT2D eigenvalue weighted by Gasteiger charge is -2.50. The van der Waals surface area contributed by atoms with E-state index in [-0.39, 0.29) is 23.0 Å². The number of amides is 1. The van der Waals surface area contributed by atoms with Crippen molar-refractivity contribution in [2.45, 2.75) is 69.8 Å². The first-order valence-electron chi connectivity index (χ1n) is 13.0. The second-order valence-corrected chi connectivity index (χ2v) is 10.7. The zero-order valence-corrected chi connectivity index (χ0v) is 21.1. The highest BCUT2D eigenvalue weighted by Crippen LogP contribution is 2.53. The smallest absolute Gasteiger partial charge is 0.255 e. The van der Waals surface area contributed by atoms with Gasteiger partial charge in [0, 0.05) is 30.0 Å². The molecule has 0 aliphatic heterocycles. The molecule has 5 rings (SSSR count). The minimum atomic E-state index is -0.725. The molecule has 36 heavy (non-hydrogen) atoms. The largest absolute Gasteiger partial charge is 0.390 e. The number of hydrogen-bond acceptors (Lipinski definition) is 4. The number of Topliss-reactive ketones (excluding diaryl/α,β-unsaturated/α-hetero) is 1. The molecule has 186 valence electrons. The molecule has 3 aromatic rings. The second kappa shape index (κ2) is 9.62. The number of rotatable bonds is 5. The molecular formula is C31H34N2O3. The Balaban J connectivity index is 1.56. The van der Waals surface area contributed by atoms with Crippen molar-refractivity contribution in [1.29, 1.82) is 0 Å². The first kappa shape index (κ1) is 24.4. The number of nitrogens with one attached hydrogen (secondary N) is 1. The Morgan fingerprint density at radius 1 is 1.11 bits per heavy atom. The summed E-state index contributed by atoms with van der Waals surface area (Å²) >= 11 is 0. The van der Waals surface area contributed by atoms with E-state index in [0.29, 0.717) is 43.4 Å². The lowest BCUT2D eigenvalue weighted by molar-refractivity contribution is -0.121. The van der Waals surface area contributed by atoms with Gasteiger partial charge in [-0.3, -0.25) is 14.6 Å². The number of anilines is 1. The van der Waals surface area contributed by atoms with Crippen LogP contribution in [-0.2, 0) is 23.1 Å². The van der Waals surface area contributed by atoms with E-state index in [1.54, 1.807) is 12.3 Å². The molecule has 1 heterocycles. The van der Waals surface area contributed by atoms with Gasteiger partial charge in [0.05, 0.1) is 17.0 Å². The van der Waals surface area contributed by atoms with Crippen LogP contribution < -0.4 is 5.32 Å². The van der Waals surface area contributed by atoms with Crippen molar-refractivity contribution in [2.75, 3.05) is 5.32 Å². The van der Waals surface area contributed by atoms with Gasteiger partial charge in [-0.2, -0.15) is 0 Å². The highest BCUT2D eigenvalue weighted by atomic mass is 16.3. The SMILES string of the molecule is CC[C@@]1(O)CC[C@@]2(Cc3ccccc3)c3ccc(C(=O)Nc4cccnc4C)cc3CC(=O)C[C@H]2C1. The molecular weight excluding hydrogens is 448 g/mol. The number of carbonyl (C=O) groups is 2. The molecule has 3 atom stereocenters. The van der Waals surface area contributed by atoms with Crippen LogP contribution in [0.4, 0.5) is 5.69 Å². The number of ketones is 1. The fraction of sp³-hybridized carbons (Fsp3) is 0.387. The number of benzene rings is 2. The number of pyridine rings is 1. The molecule has 0 radical (unpaired) electrons. The van der Waals surface area contributed by atoms with Crippen LogP contribution >= 0.6 is 0 Å². The molecule has 2 aliphatic carbocycles. The Morgan fingerprint density at radius 2 is 1.92 bits per heavy atom. The Kier molecular flexibility index (Phi) is 6.52. The topological polar surface area (TPSA) is 79.3 Å². The minimum Gasteiger partial charge on any atom is -0.390 e. The fourth-order valence-corrected chi connectivity index (χ4v) is 6.38. The van der Waals surface area contributed by atoms with Crippen molar-refractivity contribution in [3.63, 3.8) is 0 Å². The summed E-state index contributed by atoms with van der Waals surface area (Å²) in [6.07, 6.45) is 6.15. The maximum absolute atomic E-state index is 13.2. The van der Waals surface area contributed by atoms with Gasteiger partial charge in [-0.05, 0) is 85.9 Å². The monoisotopic (exact) mass is 482 g/mol. The molecule has 0 saturated heterocycles. The lowest BCUT2D eigenvalue weighted by Crippen LogP contribution is -2.49. The first-order chi connectivity index (χ1) is 17.3. The zero-order chi connectivity index (χ0) is 25.3. The third-order valence-electron chi connectivity index (χ3n) is 8.49. The molecule has 0 bridgehead atoms. The van der Waals surface area contributed by atoms with Crippen molar-refractivity contribution in [3.05, 3.63) is 94.8 Å². The van der Waals surface area contributed by atoms with E-state index < -0.39 is 5.60 Å². The molecule has 2 aliphatic rings. The summed E-state index contributed by atoms with van der Waals surface area (Å²) in [6.45, 7) is 3.89. The zero-order valence-electron chi connectivity index (χ0n) is 21.1. The van der Waals surface area contributed by atoms with E-state index in [1.807, 2.05) is 38.1 Å². The first-order valence-corrected chi connectivity index (χ1v) is 13.0. The third kappa shape index (κ3) is 4.60. The highest BCUT2D eigenvalue weighted by molar-refractivity contribution is 6.04. The van der Waals surface area contributed by atoms with E-state index in [9.17, 15) is 14.7 Å². The van der Waals surface area contributed by atoms with Gasteiger partial charge < -0.3 is 10.4 Å².